The van der Waals surface area contributed by atoms with Crippen LogP contribution in [0.1, 0.15) is 385 Å². The summed E-state index contributed by atoms with van der Waals surface area (Å²) in [7, 11) is 1.54. The molecule has 12 aliphatic rings. The van der Waals surface area contributed by atoms with Crippen molar-refractivity contribution in [3.63, 3.8) is 0 Å². The van der Waals surface area contributed by atoms with Crippen LogP contribution in [0.15, 0.2) is 0 Å². The zero-order valence-electron chi connectivity index (χ0n) is 53.3. The van der Waals surface area contributed by atoms with Crippen molar-refractivity contribution in [1.82, 2.24) is 0 Å². The van der Waals surface area contributed by atoms with Gasteiger partial charge >= 0.3 is 22.4 Å². The molecule has 0 aromatic heterocycles. The predicted molar refractivity (Wildman–Crippen MR) is 357 cm³/mol. The molecular formula is C73H135Au4P4. The third-order valence-electron chi connectivity index (χ3n) is 24.0. The largest absolute Gasteiger partial charge is 1.00 e. The van der Waals surface area contributed by atoms with Gasteiger partial charge in [-0.25, -0.2) is 0 Å². The minimum Gasteiger partial charge on any atom is -0.358 e. The monoisotopic (exact) mass is 1920 g/mol. The van der Waals surface area contributed by atoms with E-state index in [0.717, 1.165) is 0 Å². The standard InChI is InChI=1S/4C18H33P.CH3.4Au/c4*1-4-10-16(11-5-1)19(17-12-6-2-7-13-17)18-14-8-3-9-15-18;;;;;/h4*16-18H,1-15H2;1H3;;;;/q;;;;-1;;;;+1. The van der Waals surface area contributed by atoms with Crippen molar-refractivity contribution in [3.8, 4) is 0 Å². The summed E-state index contributed by atoms with van der Waals surface area (Å²) in [6.07, 6.45) is 94.5. The molecule has 0 spiro atoms. The van der Waals surface area contributed by atoms with Crippen LogP contribution in [0, 0.1) is 7.43 Å². The maximum absolute atomic E-state index is 1.61. The first kappa shape index (κ1) is 78.1. The van der Waals surface area contributed by atoms with Gasteiger partial charge in [0.15, 0.2) is 0 Å². The first-order valence-corrected chi connectivity index (χ1v) is 43.1. The molecule has 3 radical (unpaired) electrons. The van der Waals surface area contributed by atoms with Crippen LogP contribution < -0.4 is 0 Å². The van der Waals surface area contributed by atoms with Crippen molar-refractivity contribution >= 4 is 31.7 Å². The van der Waals surface area contributed by atoms with E-state index < -0.39 is 0 Å². The fourth-order valence-corrected chi connectivity index (χ4v) is 38.8. The van der Waals surface area contributed by atoms with Crippen LogP contribution in [0.5, 0.6) is 0 Å². The van der Waals surface area contributed by atoms with Crippen LogP contribution in [0.4, 0.5) is 0 Å². The molecule has 0 N–H and O–H groups in total. The predicted octanol–water partition coefficient (Wildman–Crippen LogP) is 26.3. The minimum atomic E-state index is 0. The minimum absolute atomic E-state index is 0. The van der Waals surface area contributed by atoms with E-state index in [2.05, 4.69) is 0 Å². The van der Waals surface area contributed by atoms with Crippen molar-refractivity contribution < 1.29 is 89.5 Å². The van der Waals surface area contributed by atoms with Crippen LogP contribution in [0.2, 0.25) is 0 Å². The Kier molecular flexibility index (Phi) is 45.0. The van der Waals surface area contributed by atoms with Crippen LogP contribution in [0.3, 0.4) is 0 Å². The Bertz CT molecular complexity index is 1050. The molecule has 0 heterocycles. The Morgan fingerprint density at radius 1 is 0.123 bits per heavy atom. The van der Waals surface area contributed by atoms with E-state index in [1.165, 1.54) is 145 Å². The normalized spacial score (nSPS) is 27.1. The summed E-state index contributed by atoms with van der Waals surface area (Å²) in [4.78, 5) is 0. The summed E-state index contributed by atoms with van der Waals surface area (Å²) in [5, 5.41) is 0. The third kappa shape index (κ3) is 26.2. The summed E-state index contributed by atoms with van der Waals surface area (Å²) in [5.74, 6) is 0. The zero-order chi connectivity index (χ0) is 51.7. The van der Waals surface area contributed by atoms with Gasteiger partial charge in [-0.3, -0.25) is 0 Å². The molecule has 0 atom stereocenters. The average molecular weight is 1920 g/mol. The summed E-state index contributed by atoms with van der Waals surface area (Å²) in [5.41, 5.74) is 14.3. The van der Waals surface area contributed by atoms with Crippen LogP contribution in [-0.4, -0.2) is 67.9 Å². The Morgan fingerprint density at radius 3 is 0.247 bits per heavy atom. The maximum atomic E-state index is 1.61. The van der Waals surface area contributed by atoms with Crippen molar-refractivity contribution in [2.24, 2.45) is 0 Å². The van der Waals surface area contributed by atoms with E-state index in [0.29, 0.717) is 31.7 Å². The molecule has 0 aromatic carbocycles. The van der Waals surface area contributed by atoms with Gasteiger partial charge in [-0.15, -0.1) is 0 Å². The molecule has 8 heteroatoms. The summed E-state index contributed by atoms with van der Waals surface area (Å²) >= 11 is 0. The van der Waals surface area contributed by atoms with E-state index in [4.69, 9.17) is 0 Å². The van der Waals surface area contributed by atoms with Crippen molar-refractivity contribution in [1.29, 1.82) is 0 Å². The quantitative estimate of drug-likeness (QED) is 0.104. The Balaban J connectivity index is 0.000000228. The maximum Gasteiger partial charge on any atom is 1.00 e. The topological polar surface area (TPSA) is 0 Å². The molecule has 0 amide bonds. The van der Waals surface area contributed by atoms with Gasteiger partial charge in [0.1, 0.15) is 0 Å². The number of rotatable bonds is 12. The first-order chi connectivity index (χ1) is 37.8. The van der Waals surface area contributed by atoms with E-state index in [-0.39, 0.29) is 96.9 Å². The SMILES string of the molecule is C1CCC(P(C2CCCCC2)C2CCCCC2)CC1.C1CCC(P(C2CCCCC2)C2CCCCC2)CC1.C1CCC(P(C2CCCCC2)C2CCCCC2)CC1.C1CCC(P(C2CCCCC2)C2CCCCC2)CC1.[Au+].[Au].[Au].[Au].[CH3-]. The van der Waals surface area contributed by atoms with Gasteiger partial charge in [0.2, 0.25) is 0 Å². The second kappa shape index (κ2) is 46.7. The van der Waals surface area contributed by atoms with Crippen LogP contribution in [0.25, 0.3) is 0 Å². The Morgan fingerprint density at radius 2 is 0.185 bits per heavy atom. The first-order valence-electron chi connectivity index (χ1n) is 36.9. The summed E-state index contributed by atoms with van der Waals surface area (Å²) < 4.78 is 0. The molecular weight excluding hydrogens is 1790 g/mol. The van der Waals surface area contributed by atoms with E-state index in [1.807, 2.05) is 0 Å². The molecule has 12 fully saturated rings. The molecule has 81 heavy (non-hydrogen) atoms. The molecule has 12 rings (SSSR count). The fraction of sp³-hybridized carbons (Fsp3) is 0.986. The number of hydrogen-bond acceptors (Lipinski definition) is 0. The summed E-state index contributed by atoms with van der Waals surface area (Å²) in [6.45, 7) is 0. The van der Waals surface area contributed by atoms with Gasteiger partial charge < -0.3 is 7.43 Å². The molecule has 0 aromatic rings. The van der Waals surface area contributed by atoms with Crippen LogP contribution >= 0.6 is 31.7 Å². The molecule has 0 aliphatic heterocycles. The zero-order valence-corrected chi connectivity index (χ0v) is 65.6. The molecule has 0 nitrogen and oxygen atoms in total. The van der Waals surface area contributed by atoms with E-state index in [9.17, 15) is 0 Å². The molecule has 0 saturated heterocycles. The van der Waals surface area contributed by atoms with Gasteiger partial charge in [-0.1, -0.05) is 263 Å². The molecule has 491 valence electrons. The van der Waals surface area contributed by atoms with Crippen molar-refractivity contribution in [2.45, 2.75) is 453 Å². The summed E-state index contributed by atoms with van der Waals surface area (Å²) in [6, 6.07) is 0. The van der Waals surface area contributed by atoms with E-state index in [1.54, 1.807) is 308 Å². The molecule has 12 saturated carbocycles. The van der Waals surface area contributed by atoms with Gasteiger partial charge in [0, 0.05) is 67.1 Å². The fourth-order valence-electron chi connectivity index (χ4n) is 20.1. The molecule has 0 bridgehead atoms. The van der Waals surface area contributed by atoms with Crippen LogP contribution in [-0.2, 0) is 89.5 Å². The van der Waals surface area contributed by atoms with Gasteiger partial charge in [0.05, 0.1) is 0 Å². The van der Waals surface area contributed by atoms with Crippen molar-refractivity contribution in [3.05, 3.63) is 7.43 Å². The van der Waals surface area contributed by atoms with Gasteiger partial charge in [0.25, 0.3) is 0 Å². The molecule has 12 aliphatic carbocycles. The Labute approximate surface area is 576 Å². The van der Waals surface area contributed by atoms with Crippen molar-refractivity contribution in [2.75, 3.05) is 0 Å². The number of hydrogen-bond donors (Lipinski definition) is 0. The smallest absolute Gasteiger partial charge is 0.358 e. The van der Waals surface area contributed by atoms with Gasteiger partial charge in [-0.05, 0) is 222 Å². The second-order valence-electron chi connectivity index (χ2n) is 29.3. The third-order valence-corrected chi connectivity index (χ3v) is 40.3. The van der Waals surface area contributed by atoms with Gasteiger partial charge in [-0.2, -0.15) is 0 Å². The second-order valence-corrected chi connectivity index (χ2v) is 41.6. The molecule has 0 unspecified atom stereocenters. The Hall–Kier alpha value is 4.68. The van der Waals surface area contributed by atoms with E-state index >= 15 is 0 Å². The average Bonchev–Trinajstić information content (AvgIpc) is 3.52.